The van der Waals surface area contributed by atoms with Gasteiger partial charge in [0.1, 0.15) is 11.4 Å². The zero-order valence-corrected chi connectivity index (χ0v) is 35.6. The van der Waals surface area contributed by atoms with E-state index in [4.69, 9.17) is 20.0 Å². The topological polar surface area (TPSA) is 193 Å². The number of pyridine rings is 1. The highest BCUT2D eigenvalue weighted by atomic mass is 33.1. The molecule has 2 heterocycles. The Labute approximate surface area is 340 Å². The van der Waals surface area contributed by atoms with Crippen LogP contribution in [-0.4, -0.2) is 78.2 Å². The molecular weight excluding hydrogens is 770 g/mol. The number of hydrogen-bond donors (Lipinski definition) is 5. The molecule has 302 valence electrons. The molecule has 0 aliphatic rings. The molecule has 0 spiro atoms. The summed E-state index contributed by atoms with van der Waals surface area (Å²) >= 11 is 0. The predicted molar refractivity (Wildman–Crippen MR) is 235 cm³/mol. The number of anilines is 2. The summed E-state index contributed by atoms with van der Waals surface area (Å²) in [5, 5.41) is 8.58. The van der Waals surface area contributed by atoms with Crippen molar-refractivity contribution in [2.75, 3.05) is 44.2 Å². The number of methoxy groups -OCH3 is 1. The van der Waals surface area contributed by atoms with Crippen molar-refractivity contribution in [1.82, 2.24) is 20.2 Å². The van der Waals surface area contributed by atoms with E-state index in [0.29, 0.717) is 67.4 Å². The van der Waals surface area contributed by atoms with E-state index < -0.39 is 0 Å². The predicted octanol–water partition coefficient (Wildman–Crippen LogP) is 5.90. The van der Waals surface area contributed by atoms with E-state index in [1.807, 2.05) is 49.3 Å². The van der Waals surface area contributed by atoms with Crippen molar-refractivity contribution in [3.8, 4) is 22.6 Å². The first-order valence-corrected chi connectivity index (χ1v) is 21.3. The zero-order chi connectivity index (χ0) is 41.7. The summed E-state index contributed by atoms with van der Waals surface area (Å²) in [6.45, 7) is 10.8. The average Bonchev–Trinajstić information content (AvgIpc) is 3.56. The van der Waals surface area contributed by atoms with Crippen molar-refractivity contribution in [1.29, 1.82) is 0 Å². The fraction of sp³-hybridized carbons (Fsp3) is 0.325. The van der Waals surface area contributed by atoms with E-state index in [9.17, 15) is 14.4 Å². The van der Waals surface area contributed by atoms with Gasteiger partial charge in [-0.3, -0.25) is 24.2 Å². The number of nitrogen functional groups attached to an aromatic ring is 1. The second kappa shape index (κ2) is 24.5. The van der Waals surface area contributed by atoms with Crippen LogP contribution in [0, 0.1) is 0 Å². The lowest BCUT2D eigenvalue weighted by Crippen LogP contribution is -2.36. The Morgan fingerprint density at radius 2 is 1.79 bits per heavy atom. The summed E-state index contributed by atoms with van der Waals surface area (Å²) in [7, 11) is 9.13. The van der Waals surface area contributed by atoms with Crippen LogP contribution in [0.1, 0.15) is 52.4 Å². The van der Waals surface area contributed by atoms with Gasteiger partial charge in [-0.1, -0.05) is 64.7 Å². The number of hydrogen-bond acceptors (Lipinski definition) is 10. The smallest absolute Gasteiger partial charge is 0.274 e. The molecule has 2 unspecified atom stereocenters. The Morgan fingerprint density at radius 1 is 1.07 bits per heavy atom. The van der Waals surface area contributed by atoms with Gasteiger partial charge in [0.15, 0.2) is 11.5 Å². The first kappa shape index (κ1) is 47.2. The molecule has 2 aromatic heterocycles. The summed E-state index contributed by atoms with van der Waals surface area (Å²) in [5.74, 6) is 0.516. The number of ether oxygens (including phenoxy) is 2. The minimum Gasteiger partial charge on any atom is -0.493 e. The van der Waals surface area contributed by atoms with E-state index in [1.165, 1.54) is 0 Å². The first-order chi connectivity index (χ1) is 26.9. The molecule has 0 bridgehead atoms. The van der Waals surface area contributed by atoms with Crippen molar-refractivity contribution >= 4 is 66.8 Å². The van der Waals surface area contributed by atoms with E-state index >= 15 is 0 Å². The van der Waals surface area contributed by atoms with Gasteiger partial charge in [0, 0.05) is 48.1 Å². The van der Waals surface area contributed by atoms with Crippen molar-refractivity contribution in [3.63, 3.8) is 0 Å². The van der Waals surface area contributed by atoms with E-state index in [-0.39, 0.29) is 34.7 Å². The molecule has 16 heteroatoms. The van der Waals surface area contributed by atoms with Crippen LogP contribution in [0.15, 0.2) is 79.6 Å². The van der Waals surface area contributed by atoms with Crippen LogP contribution in [0.5, 0.6) is 11.5 Å². The molecule has 0 radical (unpaired) electrons. The first-order valence-electron chi connectivity index (χ1n) is 17.6. The quantitative estimate of drug-likeness (QED) is 0.0190. The molecule has 4 rings (SSSR count). The number of rotatable bonds is 19. The minimum atomic E-state index is -0.367. The Bertz CT molecular complexity index is 1890. The zero-order valence-electron chi connectivity index (χ0n) is 32.8. The Kier molecular flexibility index (Phi) is 20.7. The van der Waals surface area contributed by atoms with E-state index in [0.717, 1.165) is 22.3 Å². The molecule has 4 aromatic rings. The van der Waals surface area contributed by atoms with Crippen LogP contribution in [0.3, 0.4) is 0 Å². The molecule has 4 amide bonds. The van der Waals surface area contributed by atoms with Crippen LogP contribution >= 0.6 is 30.8 Å². The van der Waals surface area contributed by atoms with Crippen molar-refractivity contribution < 1.29 is 28.7 Å². The Balaban J connectivity index is 0.00000206. The number of benzene rings is 2. The number of carbonyl (C=O) groups is 4. The maximum atomic E-state index is 12.9. The molecule has 2 atom stereocenters. The highest BCUT2D eigenvalue weighted by molar-refractivity contribution is 8.77. The molecule has 0 saturated heterocycles. The van der Waals surface area contributed by atoms with E-state index in [2.05, 4.69) is 56.3 Å². The lowest BCUT2D eigenvalue weighted by atomic mass is 9.94. The second-order valence-corrected chi connectivity index (χ2v) is 15.7. The van der Waals surface area contributed by atoms with Gasteiger partial charge >= 0.3 is 0 Å². The number of primary amides is 1. The SMILES string of the molecule is C=CC(Cc1ccccc1-c1cc(OC)c(OCCCc2ccc(C(=O)Nc3cc(C(=O)NCC(C)(C)SSC)n(C)c3)nc2)cc1N)NC=O.CP.NC=O. The molecule has 7 N–H and O–H groups in total. The highest BCUT2D eigenvalue weighted by Gasteiger charge is 2.22. The molecule has 0 fully saturated rings. The fourth-order valence-corrected chi connectivity index (χ4v) is 7.55. The van der Waals surface area contributed by atoms with Crippen LogP contribution in [0.25, 0.3) is 11.1 Å². The van der Waals surface area contributed by atoms with Crippen molar-refractivity contribution in [2.24, 2.45) is 12.8 Å². The highest BCUT2D eigenvalue weighted by Crippen LogP contribution is 2.39. The number of aromatic nitrogens is 2. The van der Waals surface area contributed by atoms with Gasteiger partial charge in [-0.15, -0.1) is 15.8 Å². The van der Waals surface area contributed by atoms with E-state index in [1.54, 1.807) is 77.0 Å². The maximum absolute atomic E-state index is 12.9. The maximum Gasteiger partial charge on any atom is 0.274 e. The molecular formula is C40H54N7O6PS2. The van der Waals surface area contributed by atoms with Crippen molar-refractivity contribution in [3.05, 3.63) is 102 Å². The van der Waals surface area contributed by atoms with Gasteiger partial charge in [-0.2, -0.15) is 0 Å². The third-order valence-electron chi connectivity index (χ3n) is 8.05. The molecule has 0 aliphatic carbocycles. The normalized spacial score (nSPS) is 11.0. The van der Waals surface area contributed by atoms with Crippen molar-refractivity contribution in [2.45, 2.75) is 43.9 Å². The monoisotopic (exact) mass is 823 g/mol. The van der Waals surface area contributed by atoms with Gasteiger partial charge in [-0.25, -0.2) is 0 Å². The standard InChI is InChI=1S/C38H46N6O5S2.CH3NO.CH5P/c1-7-27(42-24-45)17-26-12-8-9-13-29(26)30-19-34(48-5)35(20-31(30)39)49-16-10-11-25-14-15-32(40-21-25)36(46)43-28-18-33(44(4)22-28)37(47)41-23-38(2,3)51-50-6;2-1-3;1-2/h7-9,12-15,18-22,24,27H,1,10-11,16-17,23,39H2,2-6H3,(H,41,47)(H,42,45)(H,43,46);1H,(H2,2,3);2H2,1H3. The number of carbonyl (C=O) groups excluding carboxylic acids is 4. The lowest BCUT2D eigenvalue weighted by molar-refractivity contribution is -0.110. The summed E-state index contributed by atoms with van der Waals surface area (Å²) in [6, 6.07) is 16.5. The van der Waals surface area contributed by atoms with Gasteiger partial charge in [0.05, 0.1) is 25.4 Å². The molecule has 2 aromatic carbocycles. The van der Waals surface area contributed by atoms with Gasteiger partial charge in [-0.05, 0) is 74.3 Å². The second-order valence-electron chi connectivity index (χ2n) is 12.6. The summed E-state index contributed by atoms with van der Waals surface area (Å²) in [4.78, 5) is 49.7. The summed E-state index contributed by atoms with van der Waals surface area (Å²) in [5.41, 5.74) is 16.1. The van der Waals surface area contributed by atoms with Gasteiger partial charge in [0.25, 0.3) is 11.8 Å². The summed E-state index contributed by atoms with van der Waals surface area (Å²) < 4.78 is 13.3. The molecule has 56 heavy (non-hydrogen) atoms. The Hall–Kier alpha value is -4.98. The van der Waals surface area contributed by atoms with Crippen LogP contribution in [0.2, 0.25) is 0 Å². The molecule has 0 aliphatic heterocycles. The molecule has 13 nitrogen and oxygen atoms in total. The van der Waals surface area contributed by atoms with Crippen LogP contribution in [-0.2, 0) is 29.5 Å². The number of amides is 4. The lowest BCUT2D eigenvalue weighted by Gasteiger charge is -2.22. The number of nitrogens with two attached hydrogens (primary N) is 2. The largest absolute Gasteiger partial charge is 0.493 e. The van der Waals surface area contributed by atoms with Crippen LogP contribution in [0.4, 0.5) is 11.4 Å². The third kappa shape index (κ3) is 14.6. The van der Waals surface area contributed by atoms with Crippen LogP contribution < -0.4 is 36.9 Å². The fourth-order valence-electron chi connectivity index (χ4n) is 5.43. The Morgan fingerprint density at radius 3 is 2.41 bits per heavy atom. The van der Waals surface area contributed by atoms with Gasteiger partial charge < -0.3 is 41.5 Å². The number of aryl methyl sites for hydroxylation is 2. The average molecular weight is 824 g/mol. The minimum absolute atomic E-state index is 0.112. The van der Waals surface area contributed by atoms with Gasteiger partial charge in [0.2, 0.25) is 12.8 Å². The number of nitrogens with one attached hydrogen (secondary N) is 3. The summed E-state index contributed by atoms with van der Waals surface area (Å²) in [6.07, 6.45) is 9.94. The molecule has 0 saturated carbocycles. The number of nitrogens with zero attached hydrogens (tertiary/aromatic N) is 2. The third-order valence-corrected chi connectivity index (χ3v) is 10.7.